The number of aliphatic carboxylic acids is 4. The predicted octanol–water partition coefficient (Wildman–Crippen LogP) is -1.98. The molecule has 0 radical (unpaired) electrons. The molecule has 2 saturated heterocycles. The number of amides is 10. The summed E-state index contributed by atoms with van der Waals surface area (Å²) in [4.78, 5) is 188. The lowest BCUT2D eigenvalue weighted by atomic mass is 10.0. The Labute approximate surface area is 549 Å². The molecule has 0 bridgehead atoms. The fourth-order valence-corrected chi connectivity index (χ4v) is 11.0. The summed E-state index contributed by atoms with van der Waals surface area (Å²) in [6, 6.07) is 9.87. The number of carbonyl (C=O) groups is 14. The normalized spacial score (nSPS) is 16.7. The molecule has 0 unspecified atom stereocenters. The van der Waals surface area contributed by atoms with Gasteiger partial charge in [-0.2, -0.15) is 0 Å². The van der Waals surface area contributed by atoms with E-state index in [1.165, 1.54) is 72.8 Å². The average molecular weight is 1340 g/mol. The molecule has 2 heterocycles. The lowest BCUT2D eigenvalue weighted by Crippen LogP contribution is -2.58. The molecule has 4 aromatic carbocycles. The van der Waals surface area contributed by atoms with E-state index in [1.54, 1.807) is 30.3 Å². The monoisotopic (exact) mass is 1330 g/mol. The zero-order valence-corrected chi connectivity index (χ0v) is 51.9. The Bertz CT molecular complexity index is 3490. The number of aromatic hydroxyl groups is 2. The van der Waals surface area contributed by atoms with E-state index in [9.17, 15) is 97.8 Å². The average Bonchev–Trinajstić information content (AvgIpc) is 1.58. The number of rotatable bonds is 36. The Hall–Kier alpha value is -11.2. The lowest BCUT2D eigenvalue weighted by Gasteiger charge is -2.30. The van der Waals surface area contributed by atoms with Gasteiger partial charge in [-0.05, 0) is 97.2 Å². The van der Waals surface area contributed by atoms with E-state index < -0.39 is 188 Å². The molecule has 0 saturated carbocycles. The van der Waals surface area contributed by atoms with Crippen LogP contribution < -0.4 is 54.4 Å². The number of benzene rings is 4. The van der Waals surface area contributed by atoms with Crippen LogP contribution in [0.3, 0.4) is 0 Å². The summed E-state index contributed by atoms with van der Waals surface area (Å²) in [5, 5.41) is 77.0. The van der Waals surface area contributed by atoms with Crippen molar-refractivity contribution >= 4 is 88.6 Å². The van der Waals surface area contributed by atoms with E-state index in [2.05, 4.69) is 37.2 Å². The number of primary amides is 2. The summed E-state index contributed by atoms with van der Waals surface area (Å²) in [5.74, 6) is -15.2. The van der Waals surface area contributed by atoms with E-state index in [-0.39, 0.29) is 74.4 Å². The molecule has 4 aromatic rings. The molecule has 10 atom stereocenters. The number of carboxylic acid groups (broad SMARTS) is 4. The molecule has 2 aliphatic heterocycles. The first-order valence-corrected chi connectivity index (χ1v) is 30.6. The molecule has 10 amide bonds. The minimum absolute atomic E-state index is 0.0186. The van der Waals surface area contributed by atoms with Gasteiger partial charge in [-0.15, -0.1) is 0 Å². The number of nitrogens with zero attached hydrogens (tertiary/aromatic N) is 2. The van der Waals surface area contributed by atoms with Gasteiger partial charge < -0.3 is 94.9 Å². The topological polar surface area (TPSA) is 529 Å². The van der Waals surface area contributed by atoms with E-state index in [4.69, 9.17) is 17.2 Å². The Kier molecular flexibility index (Phi) is 27.1. The third-order valence-corrected chi connectivity index (χ3v) is 16.0. The summed E-state index contributed by atoms with van der Waals surface area (Å²) < 4.78 is 0. The molecule has 2 aliphatic rings. The fourth-order valence-electron chi connectivity index (χ4n) is 11.0. The van der Waals surface area contributed by atoms with Gasteiger partial charge in [0.2, 0.25) is 59.1 Å². The Morgan fingerprint density at radius 2 is 0.781 bits per heavy atom. The summed E-state index contributed by atoms with van der Waals surface area (Å²) in [7, 11) is 0. The number of carbonyl (C=O) groups excluding carboxylic acids is 10. The van der Waals surface area contributed by atoms with E-state index in [0.29, 0.717) is 23.1 Å². The van der Waals surface area contributed by atoms with E-state index >= 15 is 0 Å². The molecule has 2 fully saturated rings. The van der Waals surface area contributed by atoms with E-state index in [0.717, 1.165) is 9.80 Å². The first-order chi connectivity index (χ1) is 45.5. The molecule has 19 N–H and O–H groups in total. The SMILES string of the molecule is NC(=O)CC[C@H](NC(=O)[C@@H]1CCCN1C(=O)[C@H](CC(=O)O)Nc1ccc(C[C@H](NC(=O)[C@H](CCC(N)=O)NC(=O)[C@@H]2CCCN2C(=O)[C@@H](N)CC(=O)O)C(=O)N[C@@H](Cc2ccc(O)cc2)C(=O)O)cc1)C(=O)N[C@@H](Cc1ccccc1)C(=O)N[C@@H](Cc1ccc(O)cc1)C(=O)O. The first-order valence-electron chi connectivity index (χ1n) is 30.6. The van der Waals surface area contributed by atoms with Crippen molar-refractivity contribution in [2.24, 2.45) is 17.2 Å². The largest absolute Gasteiger partial charge is 0.508 e. The van der Waals surface area contributed by atoms with E-state index in [1.807, 2.05) is 0 Å². The molecule has 0 aromatic heterocycles. The maximum absolute atomic E-state index is 14.5. The summed E-state index contributed by atoms with van der Waals surface area (Å²) in [6.07, 6.45) is -3.84. The fraction of sp³-hybridized carbons (Fsp3) is 0.406. The molecular weight excluding hydrogens is 1260 g/mol. The standard InChI is InChI=1S/C64H78N12O20/c65-41(32-53(81)82)61(91)75-26-4-8-49(75)59(89)69-42(22-24-51(66)79)56(86)72-45(58(88)74-48(64(95)96)31-37-14-20-40(78)21-15-37)29-35-10-16-38(17-11-35)68-46(33-54(83)84)62(92)76-27-5-9-50(76)60(90)70-43(23-25-52(67)80)55(85)71-44(28-34-6-2-1-3-7-34)57(87)73-47(63(93)94)30-36-12-18-39(77)19-13-36/h1-3,6-7,10-21,41-50,68,77-78H,4-5,8-9,22-33,65H2,(H2,66,79)(H2,67,80)(H,69,89)(H,70,90)(H,71,85)(H,72,86)(H,73,87)(H,74,88)(H,81,82)(H,83,84)(H,93,94)(H,95,96)/t41-,42-,43-,44-,45-,46-,47-,48-,49-,50-/m0/s1. The van der Waals surface area contributed by atoms with Crippen molar-refractivity contribution in [2.45, 2.75) is 150 Å². The molecule has 514 valence electrons. The number of anilines is 1. The smallest absolute Gasteiger partial charge is 0.326 e. The molecule has 0 spiro atoms. The lowest BCUT2D eigenvalue weighted by molar-refractivity contribution is -0.144. The van der Waals surface area contributed by atoms with Crippen LogP contribution in [-0.2, 0) is 92.8 Å². The third-order valence-electron chi connectivity index (χ3n) is 16.0. The highest BCUT2D eigenvalue weighted by atomic mass is 16.4. The highest BCUT2D eigenvalue weighted by Crippen LogP contribution is 2.24. The Balaban J connectivity index is 1.20. The first kappa shape index (κ1) is 73.9. The molecule has 6 rings (SSSR count). The van der Waals surface area contributed by atoms with Crippen LogP contribution >= 0.6 is 0 Å². The Morgan fingerprint density at radius 1 is 0.427 bits per heavy atom. The highest BCUT2D eigenvalue weighted by Gasteiger charge is 2.42. The molecule has 32 heteroatoms. The number of hydrogen-bond donors (Lipinski definition) is 16. The van der Waals surface area contributed by atoms with Gasteiger partial charge in [-0.3, -0.25) is 57.5 Å². The second kappa shape index (κ2) is 35.2. The molecule has 96 heavy (non-hydrogen) atoms. The third kappa shape index (κ3) is 22.5. The van der Waals surface area contributed by atoms with Crippen molar-refractivity contribution in [3.05, 3.63) is 125 Å². The van der Waals surface area contributed by atoms with Crippen molar-refractivity contribution in [1.29, 1.82) is 0 Å². The van der Waals surface area contributed by atoms with Crippen molar-refractivity contribution < 1.29 is 97.8 Å². The minimum Gasteiger partial charge on any atom is -0.508 e. The van der Waals surface area contributed by atoms with Crippen LogP contribution in [0.25, 0.3) is 0 Å². The maximum Gasteiger partial charge on any atom is 0.326 e. The predicted molar refractivity (Wildman–Crippen MR) is 337 cm³/mol. The summed E-state index contributed by atoms with van der Waals surface area (Å²) in [5.41, 5.74) is 18.5. The van der Waals surface area contributed by atoms with Gasteiger partial charge in [0.1, 0.15) is 65.9 Å². The van der Waals surface area contributed by atoms with Gasteiger partial charge in [-0.25, -0.2) is 9.59 Å². The Morgan fingerprint density at radius 3 is 1.17 bits per heavy atom. The van der Waals surface area contributed by atoms with Gasteiger partial charge in [0.05, 0.1) is 18.9 Å². The van der Waals surface area contributed by atoms with Crippen LogP contribution in [0.2, 0.25) is 0 Å². The van der Waals surface area contributed by atoms with Gasteiger partial charge in [0.25, 0.3) is 0 Å². The summed E-state index contributed by atoms with van der Waals surface area (Å²) >= 11 is 0. The van der Waals surface area contributed by atoms with Gasteiger partial charge in [-0.1, -0.05) is 66.7 Å². The second-order valence-electron chi connectivity index (χ2n) is 23.3. The highest BCUT2D eigenvalue weighted by molar-refractivity contribution is 5.99. The number of nitrogens with two attached hydrogens (primary N) is 3. The number of hydrogen-bond acceptors (Lipinski definition) is 18. The van der Waals surface area contributed by atoms with Crippen LogP contribution in [0.5, 0.6) is 11.5 Å². The zero-order valence-electron chi connectivity index (χ0n) is 51.9. The number of carboxylic acids is 4. The number of likely N-dealkylation sites (tertiary alicyclic amines) is 2. The van der Waals surface area contributed by atoms with Crippen molar-refractivity contribution in [3.8, 4) is 11.5 Å². The zero-order chi connectivity index (χ0) is 70.3. The molecule has 32 nitrogen and oxygen atoms in total. The van der Waals surface area contributed by atoms with Crippen LogP contribution in [0.4, 0.5) is 5.69 Å². The maximum atomic E-state index is 14.5. The van der Waals surface area contributed by atoms with Gasteiger partial charge in [0.15, 0.2) is 0 Å². The minimum atomic E-state index is -1.67. The van der Waals surface area contributed by atoms with Crippen LogP contribution in [0.1, 0.15) is 86.5 Å². The van der Waals surface area contributed by atoms with Crippen LogP contribution in [0, 0.1) is 0 Å². The van der Waals surface area contributed by atoms with Gasteiger partial charge >= 0.3 is 23.9 Å². The van der Waals surface area contributed by atoms with Gasteiger partial charge in [0, 0.05) is 57.3 Å². The summed E-state index contributed by atoms with van der Waals surface area (Å²) in [6.45, 7) is -0.0490. The number of nitrogens with one attached hydrogen (secondary N) is 7. The quantitative estimate of drug-likeness (QED) is 0.0235. The van der Waals surface area contributed by atoms with Crippen LogP contribution in [0.15, 0.2) is 103 Å². The van der Waals surface area contributed by atoms with Crippen molar-refractivity contribution in [3.63, 3.8) is 0 Å². The van der Waals surface area contributed by atoms with Crippen molar-refractivity contribution in [1.82, 2.24) is 41.7 Å². The van der Waals surface area contributed by atoms with Crippen LogP contribution in [-0.4, -0.2) is 197 Å². The molecule has 0 aliphatic carbocycles. The molecular formula is C64H78N12O20. The van der Waals surface area contributed by atoms with Crippen molar-refractivity contribution in [2.75, 3.05) is 18.4 Å². The number of phenols is 2. The second-order valence-corrected chi connectivity index (χ2v) is 23.3. The number of phenolic OH excluding ortho intramolecular Hbond substituents is 2.